The molecule has 0 aliphatic carbocycles. The van der Waals surface area contributed by atoms with Gasteiger partial charge in [0, 0.05) is 37.4 Å². The number of methoxy groups -OCH3 is 1. The summed E-state index contributed by atoms with van der Waals surface area (Å²) in [5, 5.41) is 11.6. The molecular formula is C33H33ClN10O3S. The quantitative estimate of drug-likeness (QED) is 0.186. The van der Waals surface area contributed by atoms with E-state index in [2.05, 4.69) is 44.1 Å². The first-order valence-corrected chi connectivity index (χ1v) is 16.3. The molecule has 15 heteroatoms. The van der Waals surface area contributed by atoms with Crippen molar-refractivity contribution < 1.29 is 14.3 Å². The van der Waals surface area contributed by atoms with Crippen LogP contribution in [0.4, 0.5) is 22.5 Å². The van der Waals surface area contributed by atoms with E-state index in [4.69, 9.17) is 26.3 Å². The number of aromatic nitrogens is 6. The van der Waals surface area contributed by atoms with E-state index >= 15 is 0 Å². The van der Waals surface area contributed by atoms with Crippen LogP contribution in [0, 0.1) is 13.8 Å². The Morgan fingerprint density at radius 2 is 1.96 bits per heavy atom. The van der Waals surface area contributed by atoms with Crippen LogP contribution in [-0.4, -0.2) is 79.2 Å². The number of hydrogen-bond donors (Lipinski definition) is 2. The Kier molecular flexibility index (Phi) is 9.37. The normalized spacial score (nSPS) is 14.5. The van der Waals surface area contributed by atoms with E-state index in [1.54, 1.807) is 41.3 Å². The van der Waals surface area contributed by atoms with Crippen LogP contribution in [-0.2, 0) is 4.79 Å². The van der Waals surface area contributed by atoms with Crippen molar-refractivity contribution in [1.82, 2.24) is 34.6 Å². The molecular weight excluding hydrogens is 652 g/mol. The lowest BCUT2D eigenvalue weighted by atomic mass is 10.1. The number of para-hydroxylation sites is 1. The maximum absolute atomic E-state index is 13.0. The number of nitrogens with one attached hydrogen (secondary N) is 2. The summed E-state index contributed by atoms with van der Waals surface area (Å²) in [6.45, 7) is 11.1. The molecule has 48 heavy (non-hydrogen) atoms. The molecule has 2 amide bonds. The molecule has 0 unspecified atom stereocenters. The van der Waals surface area contributed by atoms with Gasteiger partial charge in [-0.15, -0.1) is 0 Å². The third-order valence-corrected chi connectivity index (χ3v) is 9.10. The number of nitrogens with zero attached hydrogens (tertiary/aromatic N) is 8. The van der Waals surface area contributed by atoms with Crippen LogP contribution in [0.5, 0.6) is 5.75 Å². The van der Waals surface area contributed by atoms with Crippen molar-refractivity contribution in [1.29, 1.82) is 0 Å². The highest BCUT2D eigenvalue weighted by atomic mass is 35.5. The van der Waals surface area contributed by atoms with Gasteiger partial charge in [-0.2, -0.15) is 5.10 Å². The monoisotopic (exact) mass is 684 g/mol. The van der Waals surface area contributed by atoms with Gasteiger partial charge >= 0.3 is 0 Å². The van der Waals surface area contributed by atoms with Gasteiger partial charge in [-0.3, -0.25) is 9.59 Å². The number of rotatable bonds is 9. The highest BCUT2D eigenvalue weighted by Crippen LogP contribution is 2.34. The number of piperazine rings is 1. The van der Waals surface area contributed by atoms with Gasteiger partial charge in [-0.25, -0.2) is 24.6 Å². The van der Waals surface area contributed by atoms with Gasteiger partial charge in [-0.05, 0) is 56.7 Å². The molecule has 5 heterocycles. The minimum atomic E-state index is -0.324. The molecule has 1 fully saturated rings. The van der Waals surface area contributed by atoms with Crippen molar-refractivity contribution in [3.05, 3.63) is 89.1 Å². The lowest BCUT2D eigenvalue weighted by molar-refractivity contribution is -0.126. The first-order chi connectivity index (χ1) is 23.1. The number of ether oxygens (including phenoxy) is 1. The van der Waals surface area contributed by atoms with Crippen LogP contribution >= 0.6 is 22.9 Å². The molecule has 0 saturated carbocycles. The number of benzene rings is 1. The molecule has 4 aromatic heterocycles. The molecule has 0 spiro atoms. The highest BCUT2D eigenvalue weighted by molar-refractivity contribution is 7.17. The molecule has 1 aromatic carbocycles. The van der Waals surface area contributed by atoms with Gasteiger partial charge in [0.25, 0.3) is 5.91 Å². The molecule has 1 saturated heterocycles. The Morgan fingerprint density at radius 3 is 2.67 bits per heavy atom. The van der Waals surface area contributed by atoms with E-state index in [0.717, 1.165) is 16.8 Å². The third kappa shape index (κ3) is 6.71. The minimum absolute atomic E-state index is 0.00162. The van der Waals surface area contributed by atoms with Crippen LogP contribution in [0.1, 0.15) is 28.0 Å². The van der Waals surface area contributed by atoms with Crippen LogP contribution in [0.25, 0.3) is 16.9 Å². The second-order valence-electron chi connectivity index (χ2n) is 11.1. The second-order valence-corrected chi connectivity index (χ2v) is 12.6. The van der Waals surface area contributed by atoms with Crippen molar-refractivity contribution in [2.45, 2.75) is 26.8 Å². The Labute approximate surface area is 286 Å². The van der Waals surface area contributed by atoms with Crippen molar-refractivity contribution in [3.8, 4) is 22.7 Å². The predicted octanol–water partition coefficient (Wildman–Crippen LogP) is 5.68. The number of amides is 2. The summed E-state index contributed by atoms with van der Waals surface area (Å²) in [5.41, 5.74) is 3.48. The first kappa shape index (κ1) is 32.6. The Balaban J connectivity index is 1.28. The third-order valence-electron chi connectivity index (χ3n) is 7.88. The van der Waals surface area contributed by atoms with E-state index in [1.165, 1.54) is 23.6 Å². The van der Waals surface area contributed by atoms with Crippen LogP contribution < -0.4 is 20.3 Å². The van der Waals surface area contributed by atoms with Gasteiger partial charge in [0.15, 0.2) is 22.5 Å². The Morgan fingerprint density at radius 1 is 1.12 bits per heavy atom. The van der Waals surface area contributed by atoms with E-state index in [1.807, 2.05) is 38.1 Å². The number of pyridine rings is 2. The molecule has 6 rings (SSSR count). The van der Waals surface area contributed by atoms with Crippen LogP contribution in [0.2, 0.25) is 5.02 Å². The van der Waals surface area contributed by atoms with Gasteiger partial charge in [0.05, 0.1) is 29.7 Å². The summed E-state index contributed by atoms with van der Waals surface area (Å²) in [4.78, 5) is 48.1. The molecule has 13 nitrogen and oxygen atoms in total. The zero-order chi connectivity index (χ0) is 33.9. The Bertz CT molecular complexity index is 1990. The van der Waals surface area contributed by atoms with Gasteiger partial charge in [0.1, 0.15) is 22.7 Å². The predicted molar refractivity (Wildman–Crippen MR) is 187 cm³/mol. The Hall–Kier alpha value is -5.34. The van der Waals surface area contributed by atoms with E-state index in [9.17, 15) is 9.59 Å². The SMILES string of the molecule is C=CC(=O)N1CCN(c2ncc(-c3ccc(OC)c(Nc4ncc(C(=O)Nc5c(C)cccc5Cl)s4)n3)cc2-n2cnc(C)n2)[C@@H](C)C1. The maximum Gasteiger partial charge on any atom is 0.267 e. The van der Waals surface area contributed by atoms with E-state index < -0.39 is 0 Å². The fourth-order valence-electron chi connectivity index (χ4n) is 5.40. The molecule has 1 aliphatic rings. The standard InChI is InChI=1S/C33H33ClN10O3S/c1-6-28(45)42-12-13-43(20(3)17-42)31-25(44-18-37-21(4)41-44)14-22(15-35-31)24-10-11-26(47-5)30(38-24)40-33-36-16-27(48-33)32(46)39-29-19(2)8-7-9-23(29)34/h6-11,14-16,18,20H,1,12-13,17H2,2-5H3,(H,39,46)(H,36,38,40)/t20-/m0/s1. The van der Waals surface area contributed by atoms with Crippen LogP contribution in [0.3, 0.4) is 0 Å². The molecule has 1 aliphatic heterocycles. The zero-order valence-corrected chi connectivity index (χ0v) is 28.3. The van der Waals surface area contributed by atoms with E-state index in [0.29, 0.717) is 69.3 Å². The summed E-state index contributed by atoms with van der Waals surface area (Å²) in [7, 11) is 1.56. The molecule has 5 aromatic rings. The molecule has 246 valence electrons. The summed E-state index contributed by atoms with van der Waals surface area (Å²) >= 11 is 7.47. The fourth-order valence-corrected chi connectivity index (χ4v) is 6.38. The number of aryl methyl sites for hydroxylation is 2. The minimum Gasteiger partial charge on any atom is -0.493 e. The number of hydrogen-bond acceptors (Lipinski definition) is 11. The number of thiazole rings is 1. The number of anilines is 4. The summed E-state index contributed by atoms with van der Waals surface area (Å²) < 4.78 is 7.29. The summed E-state index contributed by atoms with van der Waals surface area (Å²) in [6.07, 6.45) is 6.25. The number of carbonyl (C=O) groups excluding carboxylic acids is 2. The van der Waals surface area contributed by atoms with Crippen molar-refractivity contribution >= 4 is 57.2 Å². The van der Waals surface area contributed by atoms with Crippen molar-refractivity contribution in [2.75, 3.05) is 42.3 Å². The molecule has 2 N–H and O–H groups in total. The largest absolute Gasteiger partial charge is 0.493 e. The summed E-state index contributed by atoms with van der Waals surface area (Å²) in [5.74, 6) is 1.83. The lowest BCUT2D eigenvalue weighted by Gasteiger charge is -2.40. The second kappa shape index (κ2) is 13.8. The topological polar surface area (TPSA) is 143 Å². The summed E-state index contributed by atoms with van der Waals surface area (Å²) in [6, 6.07) is 11.0. The molecule has 0 bridgehead atoms. The van der Waals surface area contributed by atoms with Crippen molar-refractivity contribution in [2.24, 2.45) is 0 Å². The maximum atomic E-state index is 13.0. The zero-order valence-electron chi connectivity index (χ0n) is 26.8. The molecule has 0 radical (unpaired) electrons. The van der Waals surface area contributed by atoms with Crippen molar-refractivity contribution in [3.63, 3.8) is 0 Å². The smallest absolute Gasteiger partial charge is 0.267 e. The highest BCUT2D eigenvalue weighted by Gasteiger charge is 2.29. The average Bonchev–Trinajstić information content (AvgIpc) is 3.75. The first-order valence-electron chi connectivity index (χ1n) is 15.1. The van der Waals surface area contributed by atoms with E-state index in [-0.39, 0.29) is 17.9 Å². The van der Waals surface area contributed by atoms with Gasteiger partial charge in [0.2, 0.25) is 5.91 Å². The lowest BCUT2D eigenvalue weighted by Crippen LogP contribution is -2.54. The van der Waals surface area contributed by atoms with Crippen LogP contribution in [0.15, 0.2) is 67.8 Å². The van der Waals surface area contributed by atoms with Gasteiger partial charge in [-0.1, -0.05) is 41.6 Å². The number of carbonyl (C=O) groups is 2. The average molecular weight is 685 g/mol. The fraction of sp³-hybridized carbons (Fsp3) is 0.242. The van der Waals surface area contributed by atoms with Gasteiger partial charge < -0.3 is 25.2 Å². The number of halogens is 1. The molecule has 1 atom stereocenters.